The van der Waals surface area contributed by atoms with E-state index < -0.39 is 5.60 Å². The molecule has 17 heavy (non-hydrogen) atoms. The topological polar surface area (TPSA) is 32.3 Å². The molecule has 0 radical (unpaired) electrons. The Labute approximate surface area is 107 Å². The second-order valence-corrected chi connectivity index (χ2v) is 6.35. The number of rotatable bonds is 6. The van der Waals surface area contributed by atoms with Crippen molar-refractivity contribution < 1.29 is 5.11 Å². The summed E-state index contributed by atoms with van der Waals surface area (Å²) in [6.45, 7) is 9.56. The smallest absolute Gasteiger partial charge is 0.0660 e. The summed E-state index contributed by atoms with van der Waals surface area (Å²) in [5.41, 5.74) is -0.476. The lowest BCUT2D eigenvalue weighted by molar-refractivity contribution is -0.0324. The van der Waals surface area contributed by atoms with Crippen molar-refractivity contribution in [3.05, 3.63) is 0 Å². The molecule has 0 aromatic rings. The first kappa shape index (κ1) is 15.0. The Morgan fingerprint density at radius 2 is 2.06 bits per heavy atom. The van der Waals surface area contributed by atoms with E-state index >= 15 is 0 Å². The van der Waals surface area contributed by atoms with Gasteiger partial charge in [0.05, 0.1) is 5.60 Å². The molecule has 2 N–H and O–H groups in total. The molecule has 3 atom stereocenters. The zero-order valence-electron chi connectivity index (χ0n) is 12.1. The molecule has 1 saturated carbocycles. The molecule has 2 heteroatoms. The molecular weight excluding hydrogens is 210 g/mol. The van der Waals surface area contributed by atoms with Gasteiger partial charge in [0.15, 0.2) is 0 Å². The van der Waals surface area contributed by atoms with Crippen LogP contribution in [0.25, 0.3) is 0 Å². The second kappa shape index (κ2) is 6.75. The largest absolute Gasteiger partial charge is 0.390 e. The third kappa shape index (κ3) is 4.97. The van der Waals surface area contributed by atoms with Crippen LogP contribution in [0.1, 0.15) is 66.2 Å². The van der Waals surface area contributed by atoms with E-state index in [0.29, 0.717) is 12.0 Å². The maximum absolute atomic E-state index is 10.6. The summed E-state index contributed by atoms with van der Waals surface area (Å²) in [5, 5.41) is 14.0. The minimum absolute atomic E-state index is 0.476. The lowest BCUT2D eigenvalue weighted by atomic mass is 9.71. The van der Waals surface area contributed by atoms with E-state index in [9.17, 15) is 5.11 Å². The molecule has 0 bridgehead atoms. The molecule has 0 aromatic heterocycles. The average molecular weight is 241 g/mol. The fourth-order valence-corrected chi connectivity index (χ4v) is 3.04. The van der Waals surface area contributed by atoms with E-state index in [1.807, 2.05) is 6.92 Å². The van der Waals surface area contributed by atoms with Gasteiger partial charge < -0.3 is 10.4 Å². The first-order chi connectivity index (χ1) is 7.95. The highest BCUT2D eigenvalue weighted by atomic mass is 16.3. The Bertz CT molecular complexity index is 213. The first-order valence-electron chi connectivity index (χ1n) is 7.41. The highest BCUT2D eigenvalue weighted by Crippen LogP contribution is 2.38. The average Bonchev–Trinajstić information content (AvgIpc) is 2.28. The van der Waals surface area contributed by atoms with Crippen molar-refractivity contribution >= 4 is 0 Å². The van der Waals surface area contributed by atoms with Crippen molar-refractivity contribution in [1.29, 1.82) is 0 Å². The summed E-state index contributed by atoms with van der Waals surface area (Å²) in [5.74, 6) is 1.36. The van der Waals surface area contributed by atoms with Gasteiger partial charge in [-0.2, -0.15) is 0 Å². The van der Waals surface area contributed by atoms with Crippen LogP contribution in [0.4, 0.5) is 0 Å². The molecule has 0 saturated heterocycles. The van der Waals surface area contributed by atoms with E-state index in [4.69, 9.17) is 0 Å². The molecule has 1 aliphatic carbocycles. The number of hydrogen-bond acceptors (Lipinski definition) is 2. The van der Waals surface area contributed by atoms with Crippen LogP contribution < -0.4 is 5.32 Å². The quantitative estimate of drug-likeness (QED) is 0.747. The van der Waals surface area contributed by atoms with Crippen LogP contribution in [-0.2, 0) is 0 Å². The Morgan fingerprint density at radius 1 is 1.35 bits per heavy atom. The Morgan fingerprint density at radius 3 is 2.65 bits per heavy atom. The maximum atomic E-state index is 10.6. The van der Waals surface area contributed by atoms with E-state index in [0.717, 1.165) is 18.9 Å². The van der Waals surface area contributed by atoms with E-state index in [1.165, 1.54) is 32.1 Å². The number of aliphatic hydroxyl groups is 1. The lowest BCUT2D eigenvalue weighted by Crippen LogP contribution is -2.41. The minimum Gasteiger partial charge on any atom is -0.390 e. The maximum Gasteiger partial charge on any atom is 0.0660 e. The van der Waals surface area contributed by atoms with Gasteiger partial charge in [-0.05, 0) is 44.6 Å². The van der Waals surface area contributed by atoms with Gasteiger partial charge in [0.2, 0.25) is 0 Å². The molecule has 1 aliphatic rings. The lowest BCUT2D eigenvalue weighted by Gasteiger charge is -2.39. The Kier molecular flexibility index (Phi) is 5.94. The zero-order chi connectivity index (χ0) is 12.9. The van der Waals surface area contributed by atoms with Crippen LogP contribution in [0.2, 0.25) is 0 Å². The highest BCUT2D eigenvalue weighted by molar-refractivity contribution is 4.87. The standard InChI is InChI=1S/C15H31NO/c1-5-13-7-6-8-14(11-13)15(4,17)9-10-16-12(2)3/h12-14,16-17H,5-11H2,1-4H3. The fraction of sp³-hybridized carbons (Fsp3) is 1.00. The third-order valence-corrected chi connectivity index (χ3v) is 4.42. The van der Waals surface area contributed by atoms with Crippen LogP contribution >= 0.6 is 0 Å². The summed E-state index contributed by atoms with van der Waals surface area (Å²) in [4.78, 5) is 0. The molecule has 2 nitrogen and oxygen atoms in total. The van der Waals surface area contributed by atoms with Gasteiger partial charge in [0.1, 0.15) is 0 Å². The molecular formula is C15H31NO. The number of hydrogen-bond donors (Lipinski definition) is 2. The van der Waals surface area contributed by atoms with Gasteiger partial charge in [-0.1, -0.05) is 40.0 Å². The van der Waals surface area contributed by atoms with Crippen molar-refractivity contribution in [2.24, 2.45) is 11.8 Å². The Hall–Kier alpha value is -0.0800. The van der Waals surface area contributed by atoms with Crippen molar-refractivity contribution in [2.75, 3.05) is 6.54 Å². The highest BCUT2D eigenvalue weighted by Gasteiger charge is 2.34. The first-order valence-corrected chi connectivity index (χ1v) is 7.41. The molecule has 0 aliphatic heterocycles. The third-order valence-electron chi connectivity index (χ3n) is 4.42. The molecule has 1 fully saturated rings. The molecule has 0 heterocycles. The van der Waals surface area contributed by atoms with Gasteiger partial charge in [0, 0.05) is 6.04 Å². The van der Waals surface area contributed by atoms with Crippen molar-refractivity contribution in [2.45, 2.75) is 77.9 Å². The molecule has 0 amide bonds. The predicted octanol–water partition coefficient (Wildman–Crippen LogP) is 3.34. The fourth-order valence-electron chi connectivity index (χ4n) is 3.04. The predicted molar refractivity (Wildman–Crippen MR) is 74.1 cm³/mol. The van der Waals surface area contributed by atoms with E-state index in [1.54, 1.807) is 0 Å². The van der Waals surface area contributed by atoms with Gasteiger partial charge in [-0.15, -0.1) is 0 Å². The summed E-state index contributed by atoms with van der Waals surface area (Å²) in [6, 6.07) is 0.514. The van der Waals surface area contributed by atoms with Crippen LogP contribution in [0, 0.1) is 11.8 Å². The summed E-state index contributed by atoms with van der Waals surface area (Å²) in [6.07, 6.45) is 7.27. The van der Waals surface area contributed by atoms with Gasteiger partial charge in [-0.3, -0.25) is 0 Å². The van der Waals surface area contributed by atoms with Crippen LogP contribution in [0.3, 0.4) is 0 Å². The Balaban J connectivity index is 2.39. The monoisotopic (exact) mass is 241 g/mol. The summed E-state index contributed by atoms with van der Waals surface area (Å²) >= 11 is 0. The molecule has 0 spiro atoms. The van der Waals surface area contributed by atoms with Crippen LogP contribution in [-0.4, -0.2) is 23.3 Å². The van der Waals surface area contributed by atoms with Gasteiger partial charge in [-0.25, -0.2) is 0 Å². The molecule has 3 unspecified atom stereocenters. The summed E-state index contributed by atoms with van der Waals surface area (Å²) < 4.78 is 0. The van der Waals surface area contributed by atoms with Crippen LogP contribution in [0.5, 0.6) is 0 Å². The molecule has 1 rings (SSSR count). The van der Waals surface area contributed by atoms with Crippen molar-refractivity contribution in [3.63, 3.8) is 0 Å². The SMILES string of the molecule is CCC1CCCC(C(C)(O)CCNC(C)C)C1. The minimum atomic E-state index is -0.476. The zero-order valence-corrected chi connectivity index (χ0v) is 12.1. The van der Waals surface area contributed by atoms with Gasteiger partial charge in [0.25, 0.3) is 0 Å². The van der Waals surface area contributed by atoms with Crippen molar-refractivity contribution in [3.8, 4) is 0 Å². The van der Waals surface area contributed by atoms with Gasteiger partial charge >= 0.3 is 0 Å². The second-order valence-electron chi connectivity index (χ2n) is 6.35. The number of nitrogens with one attached hydrogen (secondary N) is 1. The van der Waals surface area contributed by atoms with Crippen LogP contribution in [0.15, 0.2) is 0 Å². The summed E-state index contributed by atoms with van der Waals surface area (Å²) in [7, 11) is 0. The normalized spacial score (nSPS) is 29.3. The molecule has 0 aromatic carbocycles. The molecule has 102 valence electrons. The van der Waals surface area contributed by atoms with E-state index in [2.05, 4.69) is 26.1 Å². The van der Waals surface area contributed by atoms with E-state index in [-0.39, 0.29) is 0 Å². The van der Waals surface area contributed by atoms with Crippen molar-refractivity contribution in [1.82, 2.24) is 5.32 Å².